The maximum atomic E-state index is 9.83. The molecule has 1 fully saturated rings. The summed E-state index contributed by atoms with van der Waals surface area (Å²) in [5.41, 5.74) is 2.12. The Bertz CT molecular complexity index is 852. The number of hydrogen-bond donors (Lipinski definition) is 1. The van der Waals surface area contributed by atoms with Gasteiger partial charge in [0.2, 0.25) is 0 Å². The van der Waals surface area contributed by atoms with Gasteiger partial charge in [-0.05, 0) is 42.7 Å². The predicted molar refractivity (Wildman–Crippen MR) is 93.8 cm³/mol. The van der Waals surface area contributed by atoms with Gasteiger partial charge in [0.1, 0.15) is 11.5 Å². The smallest absolute Gasteiger partial charge is 0.200 e. The van der Waals surface area contributed by atoms with Crippen LogP contribution < -0.4 is 4.74 Å². The van der Waals surface area contributed by atoms with Crippen molar-refractivity contribution in [2.45, 2.75) is 38.2 Å². The second kappa shape index (κ2) is 7.15. The summed E-state index contributed by atoms with van der Waals surface area (Å²) in [6.45, 7) is 0.283. The molecule has 1 aromatic heterocycles. The summed E-state index contributed by atoms with van der Waals surface area (Å²) in [5.74, 6) is 1.47. The van der Waals surface area contributed by atoms with Crippen molar-refractivity contribution in [3.05, 3.63) is 53.9 Å². The largest absolute Gasteiger partial charge is 0.506 e. The van der Waals surface area contributed by atoms with E-state index in [1.54, 1.807) is 18.2 Å². The van der Waals surface area contributed by atoms with Crippen LogP contribution in [-0.2, 0) is 11.2 Å². The van der Waals surface area contributed by atoms with Crippen LogP contribution in [0.3, 0.4) is 0 Å². The number of phenolic OH excluding ortho intramolecular Hbond substituents is 1. The van der Waals surface area contributed by atoms with Crippen LogP contribution in [0.1, 0.15) is 37.1 Å². The summed E-state index contributed by atoms with van der Waals surface area (Å²) >= 11 is 0. The molecule has 0 saturated heterocycles. The van der Waals surface area contributed by atoms with E-state index >= 15 is 0 Å². The van der Waals surface area contributed by atoms with Gasteiger partial charge in [0.05, 0.1) is 6.10 Å². The number of benzene rings is 2. The molecule has 1 N–H and O–H groups in total. The van der Waals surface area contributed by atoms with Crippen molar-refractivity contribution in [1.29, 1.82) is 0 Å². The Kier molecular flexibility index (Phi) is 4.57. The summed E-state index contributed by atoms with van der Waals surface area (Å²) in [6, 6.07) is 13.0. The second-order valence-electron chi connectivity index (χ2n) is 6.39. The standard InChI is InChI=1S/C20H21NO4/c22-17-9-4-10-18-20(17)21-19(25-18)12-14-5-3-8-16(11-14)24-13-23-15-6-1-2-7-15/h3-5,8-11,15,22H,1-2,6-7,12-13H2. The molecule has 1 saturated carbocycles. The van der Waals surface area contributed by atoms with Gasteiger partial charge in [-0.15, -0.1) is 0 Å². The Morgan fingerprint density at radius 1 is 1.12 bits per heavy atom. The molecule has 5 heteroatoms. The average Bonchev–Trinajstić information content (AvgIpc) is 3.25. The topological polar surface area (TPSA) is 64.7 Å². The molecular weight excluding hydrogens is 318 g/mol. The monoisotopic (exact) mass is 339 g/mol. The van der Waals surface area contributed by atoms with Crippen molar-refractivity contribution in [3.63, 3.8) is 0 Å². The highest BCUT2D eigenvalue weighted by Crippen LogP contribution is 2.26. The lowest BCUT2D eigenvalue weighted by Crippen LogP contribution is -2.12. The fourth-order valence-electron chi connectivity index (χ4n) is 3.23. The molecule has 1 aliphatic rings. The maximum absolute atomic E-state index is 9.83. The number of hydrogen-bond acceptors (Lipinski definition) is 5. The number of aromatic nitrogens is 1. The van der Waals surface area contributed by atoms with E-state index in [1.165, 1.54) is 12.8 Å². The molecule has 130 valence electrons. The third-order valence-electron chi connectivity index (χ3n) is 4.53. The summed E-state index contributed by atoms with van der Waals surface area (Å²) in [7, 11) is 0. The first-order chi connectivity index (χ1) is 12.3. The van der Waals surface area contributed by atoms with Crippen LogP contribution in [-0.4, -0.2) is 23.0 Å². The fraction of sp³-hybridized carbons (Fsp3) is 0.350. The normalized spacial score (nSPS) is 15.0. The van der Waals surface area contributed by atoms with E-state index < -0.39 is 0 Å². The van der Waals surface area contributed by atoms with E-state index in [2.05, 4.69) is 4.98 Å². The van der Waals surface area contributed by atoms with Gasteiger partial charge >= 0.3 is 0 Å². The van der Waals surface area contributed by atoms with Crippen molar-refractivity contribution >= 4 is 11.1 Å². The third-order valence-corrected chi connectivity index (χ3v) is 4.53. The molecule has 0 spiro atoms. The van der Waals surface area contributed by atoms with Crippen molar-refractivity contribution in [1.82, 2.24) is 4.98 Å². The van der Waals surface area contributed by atoms with E-state index in [4.69, 9.17) is 13.9 Å². The van der Waals surface area contributed by atoms with Gasteiger partial charge in [-0.1, -0.05) is 31.0 Å². The van der Waals surface area contributed by atoms with Crippen LogP contribution in [0.15, 0.2) is 46.9 Å². The van der Waals surface area contributed by atoms with Crippen LogP contribution in [0.4, 0.5) is 0 Å². The van der Waals surface area contributed by atoms with Gasteiger partial charge in [0, 0.05) is 6.42 Å². The molecule has 25 heavy (non-hydrogen) atoms. The van der Waals surface area contributed by atoms with E-state index in [0.29, 0.717) is 29.5 Å². The Balaban J connectivity index is 1.40. The van der Waals surface area contributed by atoms with Gasteiger partial charge < -0.3 is 19.0 Å². The minimum Gasteiger partial charge on any atom is -0.506 e. The molecule has 0 unspecified atom stereocenters. The van der Waals surface area contributed by atoms with E-state index in [9.17, 15) is 5.11 Å². The molecule has 0 atom stereocenters. The number of aromatic hydroxyl groups is 1. The van der Waals surface area contributed by atoms with Crippen LogP contribution in [0.2, 0.25) is 0 Å². The molecule has 2 aromatic carbocycles. The SMILES string of the molecule is Oc1cccc2oc(Cc3cccc(OCOC4CCCC4)c3)nc12. The number of nitrogens with zero attached hydrogens (tertiary/aromatic N) is 1. The maximum Gasteiger partial charge on any atom is 0.200 e. The summed E-state index contributed by atoms with van der Waals surface area (Å²) in [6.07, 6.45) is 5.65. The van der Waals surface area contributed by atoms with Gasteiger partial charge in [-0.2, -0.15) is 0 Å². The molecule has 1 aliphatic carbocycles. The van der Waals surface area contributed by atoms with Gasteiger partial charge in [-0.3, -0.25) is 0 Å². The third kappa shape index (κ3) is 3.77. The van der Waals surface area contributed by atoms with E-state index in [1.807, 2.05) is 24.3 Å². The zero-order chi connectivity index (χ0) is 17.1. The lowest BCUT2D eigenvalue weighted by atomic mass is 10.1. The van der Waals surface area contributed by atoms with Crippen molar-refractivity contribution < 1.29 is 19.0 Å². The van der Waals surface area contributed by atoms with E-state index in [-0.39, 0.29) is 12.5 Å². The van der Waals surface area contributed by atoms with E-state index in [0.717, 1.165) is 24.2 Å². The highest BCUT2D eigenvalue weighted by molar-refractivity contribution is 5.79. The van der Waals surface area contributed by atoms with Gasteiger partial charge in [0.15, 0.2) is 23.8 Å². The second-order valence-corrected chi connectivity index (χ2v) is 6.39. The van der Waals surface area contributed by atoms with Crippen molar-refractivity contribution in [2.75, 3.05) is 6.79 Å². The van der Waals surface area contributed by atoms with Crippen molar-refractivity contribution in [3.8, 4) is 11.5 Å². The lowest BCUT2D eigenvalue weighted by Gasteiger charge is -2.12. The molecule has 0 radical (unpaired) electrons. The number of rotatable bonds is 6. The molecule has 3 aromatic rings. The molecule has 4 rings (SSSR count). The Morgan fingerprint density at radius 2 is 1.96 bits per heavy atom. The minimum atomic E-state index is 0.133. The Labute approximate surface area is 146 Å². The molecule has 0 amide bonds. The van der Waals surface area contributed by atoms with Crippen LogP contribution in [0, 0.1) is 0 Å². The van der Waals surface area contributed by atoms with Gasteiger partial charge in [0.25, 0.3) is 0 Å². The minimum absolute atomic E-state index is 0.133. The zero-order valence-corrected chi connectivity index (χ0v) is 14.0. The quantitative estimate of drug-likeness (QED) is 0.674. The number of phenols is 1. The average molecular weight is 339 g/mol. The van der Waals surface area contributed by atoms with Crippen LogP contribution >= 0.6 is 0 Å². The first-order valence-corrected chi connectivity index (χ1v) is 8.69. The van der Waals surface area contributed by atoms with Crippen LogP contribution in [0.5, 0.6) is 11.5 Å². The van der Waals surface area contributed by atoms with Crippen molar-refractivity contribution in [2.24, 2.45) is 0 Å². The molecule has 1 heterocycles. The first kappa shape index (κ1) is 16.0. The number of ether oxygens (including phenoxy) is 2. The zero-order valence-electron chi connectivity index (χ0n) is 14.0. The number of fused-ring (bicyclic) bond motifs is 1. The summed E-state index contributed by atoms with van der Waals surface area (Å²) < 4.78 is 17.2. The molecular formula is C20H21NO4. The Hall–Kier alpha value is -2.53. The van der Waals surface area contributed by atoms with Gasteiger partial charge in [-0.25, -0.2) is 4.98 Å². The lowest BCUT2D eigenvalue weighted by molar-refractivity contribution is -0.0325. The fourth-order valence-corrected chi connectivity index (χ4v) is 3.23. The molecule has 0 aliphatic heterocycles. The molecule has 5 nitrogen and oxygen atoms in total. The highest BCUT2D eigenvalue weighted by atomic mass is 16.7. The van der Waals surface area contributed by atoms with Crippen LogP contribution in [0.25, 0.3) is 11.1 Å². The highest BCUT2D eigenvalue weighted by Gasteiger charge is 2.15. The Morgan fingerprint density at radius 3 is 2.80 bits per heavy atom. The summed E-state index contributed by atoms with van der Waals surface area (Å²) in [5, 5.41) is 9.83. The number of oxazole rings is 1. The first-order valence-electron chi connectivity index (χ1n) is 8.69. The summed E-state index contributed by atoms with van der Waals surface area (Å²) in [4.78, 5) is 4.37. The molecule has 0 bridgehead atoms. The predicted octanol–water partition coefficient (Wildman–Crippen LogP) is 4.42. The number of para-hydroxylation sites is 1.